The summed E-state index contributed by atoms with van der Waals surface area (Å²) in [4.78, 5) is 0. The van der Waals surface area contributed by atoms with Gasteiger partial charge in [0.05, 0.1) is 12.2 Å². The van der Waals surface area contributed by atoms with Crippen molar-refractivity contribution in [3.63, 3.8) is 0 Å². The average Bonchev–Trinajstić information content (AvgIpc) is 2.29. The Morgan fingerprint density at radius 1 is 1.14 bits per heavy atom. The zero-order valence-corrected chi connectivity index (χ0v) is 9.16. The molecule has 1 aliphatic carbocycles. The molecule has 0 aromatic carbocycles. The highest BCUT2D eigenvalue weighted by Crippen LogP contribution is 2.20. The molecule has 80 valence electrons. The van der Waals surface area contributed by atoms with Crippen LogP contribution >= 0.6 is 0 Å². The van der Waals surface area contributed by atoms with Crippen molar-refractivity contribution in [1.82, 2.24) is 0 Å². The first kappa shape index (κ1) is 11.5. The van der Waals surface area contributed by atoms with Crippen LogP contribution in [0.4, 0.5) is 0 Å². The molecule has 0 bridgehead atoms. The van der Waals surface area contributed by atoms with Crippen molar-refractivity contribution in [1.29, 1.82) is 0 Å². The summed E-state index contributed by atoms with van der Waals surface area (Å²) >= 11 is 0. The van der Waals surface area contributed by atoms with Gasteiger partial charge in [-0.15, -0.1) is 0 Å². The Hall–Kier alpha value is -0.600. The maximum Gasteiger partial charge on any atom is 0.0793 e. The van der Waals surface area contributed by atoms with Gasteiger partial charge in [0.15, 0.2) is 0 Å². The fourth-order valence-electron chi connectivity index (χ4n) is 1.69. The van der Waals surface area contributed by atoms with Crippen LogP contribution in [0.1, 0.15) is 26.7 Å². The van der Waals surface area contributed by atoms with Gasteiger partial charge in [-0.25, -0.2) is 0 Å². The molecule has 0 amide bonds. The predicted octanol–water partition coefficient (Wildman–Crippen LogP) is 2.70. The van der Waals surface area contributed by atoms with Crippen LogP contribution in [0.25, 0.3) is 0 Å². The van der Waals surface area contributed by atoms with E-state index >= 15 is 0 Å². The lowest BCUT2D eigenvalue weighted by atomic mass is 10.1. The molecule has 1 rings (SSSR count). The number of rotatable bonds is 4. The van der Waals surface area contributed by atoms with Gasteiger partial charge >= 0.3 is 0 Å². The first-order valence-electron chi connectivity index (χ1n) is 5.34. The van der Waals surface area contributed by atoms with Crippen LogP contribution in [-0.2, 0) is 9.47 Å². The van der Waals surface area contributed by atoms with Gasteiger partial charge in [0.25, 0.3) is 0 Å². The first-order valence-corrected chi connectivity index (χ1v) is 5.34. The summed E-state index contributed by atoms with van der Waals surface area (Å²) in [6.07, 6.45) is 6.43. The molecule has 0 saturated carbocycles. The maximum atomic E-state index is 5.56. The van der Waals surface area contributed by atoms with E-state index in [4.69, 9.17) is 9.47 Å². The van der Waals surface area contributed by atoms with Gasteiger partial charge in [-0.1, -0.05) is 24.3 Å². The third kappa shape index (κ3) is 3.64. The molecule has 0 N–H and O–H groups in total. The van der Waals surface area contributed by atoms with Crippen molar-refractivity contribution >= 4 is 0 Å². The topological polar surface area (TPSA) is 18.5 Å². The second-order valence-corrected chi connectivity index (χ2v) is 3.53. The van der Waals surface area contributed by atoms with E-state index in [-0.39, 0.29) is 12.2 Å². The average molecular weight is 196 g/mol. The summed E-state index contributed by atoms with van der Waals surface area (Å²) in [7, 11) is 0. The summed E-state index contributed by atoms with van der Waals surface area (Å²) < 4.78 is 11.1. The van der Waals surface area contributed by atoms with Crippen molar-refractivity contribution in [3.8, 4) is 0 Å². The zero-order chi connectivity index (χ0) is 10.4. The van der Waals surface area contributed by atoms with Crippen LogP contribution in [0.2, 0.25) is 0 Å². The molecule has 14 heavy (non-hydrogen) atoms. The number of ether oxygens (including phenoxy) is 2. The number of hydrogen-bond donors (Lipinski definition) is 0. The quantitative estimate of drug-likeness (QED) is 0.644. The first-order chi connectivity index (χ1) is 6.76. The molecule has 2 nitrogen and oxygen atoms in total. The Morgan fingerprint density at radius 2 is 1.57 bits per heavy atom. The van der Waals surface area contributed by atoms with Crippen molar-refractivity contribution in [3.05, 3.63) is 24.3 Å². The molecular formula is C12H20O2. The minimum absolute atomic E-state index is 0.193. The summed E-state index contributed by atoms with van der Waals surface area (Å²) in [5.41, 5.74) is 1.21. The van der Waals surface area contributed by atoms with E-state index in [2.05, 4.69) is 18.7 Å². The molecule has 0 spiro atoms. The van der Waals surface area contributed by atoms with Crippen LogP contribution in [-0.4, -0.2) is 25.4 Å². The highest BCUT2D eigenvalue weighted by Gasteiger charge is 2.15. The standard InChI is InChI=1S/C12H20O2/c1-4-13-11-6-7-12(14-5-2)9-10(3)8-11/h6-7,11-12H,3-5,8-9H2,1-2H3. The smallest absolute Gasteiger partial charge is 0.0793 e. The van der Waals surface area contributed by atoms with Crippen LogP contribution in [0, 0.1) is 0 Å². The van der Waals surface area contributed by atoms with Crippen LogP contribution in [0.5, 0.6) is 0 Å². The van der Waals surface area contributed by atoms with Gasteiger partial charge in [0.2, 0.25) is 0 Å². The van der Waals surface area contributed by atoms with E-state index in [9.17, 15) is 0 Å². The fraction of sp³-hybridized carbons (Fsp3) is 0.667. The summed E-state index contributed by atoms with van der Waals surface area (Å²) in [6.45, 7) is 9.57. The normalized spacial score (nSPS) is 27.7. The lowest BCUT2D eigenvalue weighted by molar-refractivity contribution is 0.0959. The molecule has 0 aromatic heterocycles. The van der Waals surface area contributed by atoms with Gasteiger partial charge in [-0.05, 0) is 26.7 Å². The van der Waals surface area contributed by atoms with E-state index in [0.717, 1.165) is 26.1 Å². The van der Waals surface area contributed by atoms with Crippen molar-refractivity contribution in [2.45, 2.75) is 38.9 Å². The maximum absolute atomic E-state index is 5.56. The minimum Gasteiger partial charge on any atom is -0.374 e. The van der Waals surface area contributed by atoms with Crippen molar-refractivity contribution in [2.75, 3.05) is 13.2 Å². The lowest BCUT2D eigenvalue weighted by Crippen LogP contribution is -2.09. The number of hydrogen-bond acceptors (Lipinski definition) is 2. The Labute approximate surface area is 86.6 Å². The molecule has 0 heterocycles. The molecule has 2 unspecified atom stereocenters. The van der Waals surface area contributed by atoms with Gasteiger partial charge in [0, 0.05) is 13.2 Å². The highest BCUT2D eigenvalue weighted by atomic mass is 16.5. The molecule has 0 saturated heterocycles. The Bertz CT molecular complexity index is 188. The third-order valence-electron chi connectivity index (χ3n) is 2.28. The summed E-state index contributed by atoms with van der Waals surface area (Å²) in [6, 6.07) is 0. The Morgan fingerprint density at radius 3 is 1.93 bits per heavy atom. The van der Waals surface area contributed by atoms with Gasteiger partial charge in [-0.3, -0.25) is 0 Å². The van der Waals surface area contributed by atoms with E-state index in [1.807, 2.05) is 13.8 Å². The SMILES string of the molecule is C=C1CC(OCC)C=CC(OCC)C1. The van der Waals surface area contributed by atoms with E-state index in [0.29, 0.717) is 0 Å². The molecule has 0 aliphatic heterocycles. The highest BCUT2D eigenvalue weighted by molar-refractivity contribution is 5.11. The molecule has 0 fully saturated rings. The Balaban J connectivity index is 2.52. The molecule has 0 aromatic rings. The molecule has 2 atom stereocenters. The lowest BCUT2D eigenvalue weighted by Gasteiger charge is -2.12. The van der Waals surface area contributed by atoms with Crippen LogP contribution in [0.15, 0.2) is 24.3 Å². The monoisotopic (exact) mass is 196 g/mol. The fourth-order valence-corrected chi connectivity index (χ4v) is 1.69. The van der Waals surface area contributed by atoms with Crippen LogP contribution < -0.4 is 0 Å². The second-order valence-electron chi connectivity index (χ2n) is 3.53. The molecule has 0 radical (unpaired) electrons. The zero-order valence-electron chi connectivity index (χ0n) is 9.16. The molecular weight excluding hydrogens is 176 g/mol. The van der Waals surface area contributed by atoms with Gasteiger partial charge in [-0.2, -0.15) is 0 Å². The predicted molar refractivity (Wildman–Crippen MR) is 58.3 cm³/mol. The van der Waals surface area contributed by atoms with Gasteiger partial charge < -0.3 is 9.47 Å². The van der Waals surface area contributed by atoms with Gasteiger partial charge in [0.1, 0.15) is 0 Å². The Kier molecular flexibility index (Phi) is 4.91. The van der Waals surface area contributed by atoms with Crippen molar-refractivity contribution in [2.24, 2.45) is 0 Å². The van der Waals surface area contributed by atoms with E-state index in [1.165, 1.54) is 5.57 Å². The molecule has 2 heteroatoms. The van der Waals surface area contributed by atoms with E-state index in [1.54, 1.807) is 0 Å². The van der Waals surface area contributed by atoms with E-state index < -0.39 is 0 Å². The largest absolute Gasteiger partial charge is 0.374 e. The minimum atomic E-state index is 0.193. The van der Waals surface area contributed by atoms with Crippen LogP contribution in [0.3, 0.4) is 0 Å². The summed E-state index contributed by atoms with van der Waals surface area (Å²) in [5, 5.41) is 0. The third-order valence-corrected chi connectivity index (χ3v) is 2.28. The second kappa shape index (κ2) is 5.99. The van der Waals surface area contributed by atoms with Crippen molar-refractivity contribution < 1.29 is 9.47 Å². The summed E-state index contributed by atoms with van der Waals surface area (Å²) in [5.74, 6) is 0. The molecule has 1 aliphatic rings.